The molecule has 0 aromatic carbocycles. The van der Waals surface area contributed by atoms with Gasteiger partial charge in [0.05, 0.1) is 12.2 Å². The summed E-state index contributed by atoms with van der Waals surface area (Å²) in [6, 6.07) is 1.37. The van der Waals surface area contributed by atoms with Crippen LogP contribution in [0.3, 0.4) is 0 Å². The molecule has 1 amide bonds. The molecule has 3 rings (SSSR count). The van der Waals surface area contributed by atoms with Gasteiger partial charge in [0, 0.05) is 16.5 Å². The summed E-state index contributed by atoms with van der Waals surface area (Å²) in [5.41, 5.74) is 1.43. The van der Waals surface area contributed by atoms with Crippen LogP contribution >= 0.6 is 11.3 Å². The standard InChI is InChI=1S/C18H21F2N3O3S/c1-4-26-18(25)15-9(2)10(3)27-17(15)21-14(24)8-23-13(11-5-6-11)7-12(22-23)16(19)20/h7,11,16H,4-6,8H2,1-3H3,(H,21,24). The molecule has 1 aliphatic carbocycles. The van der Waals surface area contributed by atoms with Crippen molar-refractivity contribution in [1.82, 2.24) is 9.78 Å². The summed E-state index contributed by atoms with van der Waals surface area (Å²) in [6.45, 7) is 5.40. The van der Waals surface area contributed by atoms with Crippen molar-refractivity contribution in [3.63, 3.8) is 0 Å². The molecule has 2 aromatic rings. The first-order valence-electron chi connectivity index (χ1n) is 8.74. The van der Waals surface area contributed by atoms with Crippen molar-refractivity contribution in [1.29, 1.82) is 0 Å². The van der Waals surface area contributed by atoms with Gasteiger partial charge in [-0.15, -0.1) is 11.3 Å². The number of hydrogen-bond donors (Lipinski definition) is 1. The molecule has 6 nitrogen and oxygen atoms in total. The minimum atomic E-state index is -2.68. The van der Waals surface area contributed by atoms with Crippen LogP contribution in [0.1, 0.15) is 64.3 Å². The van der Waals surface area contributed by atoms with Gasteiger partial charge in [-0.1, -0.05) is 0 Å². The molecule has 1 aliphatic rings. The maximum absolute atomic E-state index is 13.0. The number of aromatic nitrogens is 2. The number of esters is 1. The number of hydrogen-bond acceptors (Lipinski definition) is 5. The fraction of sp³-hybridized carbons (Fsp3) is 0.500. The number of anilines is 1. The molecular formula is C18H21F2N3O3S. The summed E-state index contributed by atoms with van der Waals surface area (Å²) < 4.78 is 32.3. The Balaban J connectivity index is 1.79. The lowest BCUT2D eigenvalue weighted by molar-refractivity contribution is -0.116. The molecule has 9 heteroatoms. The minimum absolute atomic E-state index is 0.180. The third-order valence-electron chi connectivity index (χ3n) is 4.46. The molecule has 0 atom stereocenters. The fourth-order valence-electron chi connectivity index (χ4n) is 2.86. The average molecular weight is 397 g/mol. The number of alkyl halides is 2. The Hall–Kier alpha value is -2.29. The number of carbonyl (C=O) groups excluding carboxylic acids is 2. The summed E-state index contributed by atoms with van der Waals surface area (Å²) >= 11 is 1.28. The number of ether oxygens (including phenoxy) is 1. The molecule has 2 aromatic heterocycles. The van der Waals surface area contributed by atoms with Crippen LogP contribution in [0.2, 0.25) is 0 Å². The molecule has 0 radical (unpaired) electrons. The molecule has 1 saturated carbocycles. The number of carbonyl (C=O) groups is 2. The number of rotatable bonds is 7. The predicted molar refractivity (Wildman–Crippen MR) is 97.5 cm³/mol. The van der Waals surface area contributed by atoms with Crippen LogP contribution in [0.15, 0.2) is 6.07 Å². The Morgan fingerprint density at radius 3 is 2.70 bits per heavy atom. The van der Waals surface area contributed by atoms with Gasteiger partial charge in [0.15, 0.2) is 0 Å². The van der Waals surface area contributed by atoms with Crippen LogP contribution in [0.25, 0.3) is 0 Å². The van der Waals surface area contributed by atoms with Crippen molar-refractivity contribution in [3.05, 3.63) is 33.5 Å². The van der Waals surface area contributed by atoms with Gasteiger partial charge < -0.3 is 10.1 Å². The highest BCUT2D eigenvalue weighted by Gasteiger charge is 2.30. The second-order valence-electron chi connectivity index (χ2n) is 6.48. The number of nitrogens with zero attached hydrogens (tertiary/aromatic N) is 2. The first-order chi connectivity index (χ1) is 12.8. The van der Waals surface area contributed by atoms with E-state index in [-0.39, 0.29) is 24.8 Å². The van der Waals surface area contributed by atoms with Gasteiger partial charge >= 0.3 is 5.97 Å². The molecule has 1 N–H and O–H groups in total. The quantitative estimate of drug-likeness (QED) is 0.711. The second kappa shape index (κ2) is 7.75. The highest BCUT2D eigenvalue weighted by molar-refractivity contribution is 7.16. The monoisotopic (exact) mass is 397 g/mol. The summed E-state index contributed by atoms with van der Waals surface area (Å²) in [7, 11) is 0. The molecule has 2 heterocycles. The van der Waals surface area contributed by atoms with Gasteiger partial charge in [0.2, 0.25) is 5.91 Å². The molecule has 146 valence electrons. The average Bonchev–Trinajstić information content (AvgIpc) is 3.28. The molecular weight excluding hydrogens is 376 g/mol. The first kappa shape index (κ1) is 19.5. The molecule has 0 unspecified atom stereocenters. The van der Waals surface area contributed by atoms with Crippen LogP contribution in [-0.4, -0.2) is 28.3 Å². The van der Waals surface area contributed by atoms with Gasteiger partial charge in [-0.2, -0.15) is 5.10 Å². The Kier molecular flexibility index (Phi) is 5.59. The molecule has 27 heavy (non-hydrogen) atoms. The van der Waals surface area contributed by atoms with Crippen LogP contribution < -0.4 is 5.32 Å². The number of aryl methyl sites for hydroxylation is 1. The van der Waals surface area contributed by atoms with Crippen molar-refractivity contribution in [2.75, 3.05) is 11.9 Å². The molecule has 0 spiro atoms. The SMILES string of the molecule is CCOC(=O)c1c(NC(=O)Cn2nc(C(F)F)cc2C2CC2)sc(C)c1C. The van der Waals surface area contributed by atoms with Crippen LogP contribution in [0.5, 0.6) is 0 Å². The molecule has 0 saturated heterocycles. The maximum atomic E-state index is 13.0. The van der Waals surface area contributed by atoms with Crippen molar-refractivity contribution in [2.24, 2.45) is 0 Å². The number of amides is 1. The summed E-state index contributed by atoms with van der Waals surface area (Å²) in [5, 5.41) is 7.00. The zero-order valence-electron chi connectivity index (χ0n) is 15.3. The lowest BCUT2D eigenvalue weighted by atomic mass is 10.1. The van der Waals surface area contributed by atoms with E-state index in [9.17, 15) is 18.4 Å². The topological polar surface area (TPSA) is 73.2 Å². The Bertz CT molecular complexity index is 872. The van der Waals surface area contributed by atoms with Gasteiger partial charge in [-0.05, 0) is 45.2 Å². The van der Waals surface area contributed by atoms with Crippen LogP contribution in [-0.2, 0) is 16.1 Å². The van der Waals surface area contributed by atoms with Gasteiger partial charge in [-0.3, -0.25) is 9.48 Å². The van der Waals surface area contributed by atoms with Crippen molar-refractivity contribution >= 4 is 28.2 Å². The maximum Gasteiger partial charge on any atom is 0.341 e. The number of nitrogens with one attached hydrogen (secondary N) is 1. The zero-order valence-corrected chi connectivity index (χ0v) is 16.2. The highest BCUT2D eigenvalue weighted by atomic mass is 32.1. The third kappa shape index (κ3) is 4.18. The van der Waals surface area contributed by atoms with E-state index in [0.717, 1.165) is 23.3 Å². The number of halogens is 2. The lowest BCUT2D eigenvalue weighted by Gasteiger charge is -2.09. The molecule has 1 fully saturated rings. The van der Waals surface area contributed by atoms with Gasteiger partial charge in [0.1, 0.15) is 17.2 Å². The summed E-state index contributed by atoms with van der Waals surface area (Å²) in [5.74, 6) is -0.737. The Morgan fingerprint density at radius 1 is 1.41 bits per heavy atom. The van der Waals surface area contributed by atoms with Gasteiger partial charge in [0.25, 0.3) is 6.43 Å². The fourth-order valence-corrected chi connectivity index (χ4v) is 3.92. The van der Waals surface area contributed by atoms with E-state index in [2.05, 4.69) is 10.4 Å². The van der Waals surface area contributed by atoms with E-state index in [1.54, 1.807) is 13.8 Å². The number of thiophene rings is 1. The zero-order chi connectivity index (χ0) is 19.7. The summed E-state index contributed by atoms with van der Waals surface area (Å²) in [6.07, 6.45) is -0.858. The highest BCUT2D eigenvalue weighted by Crippen LogP contribution is 2.41. The van der Waals surface area contributed by atoms with E-state index < -0.39 is 18.3 Å². The van der Waals surface area contributed by atoms with Crippen LogP contribution in [0, 0.1) is 13.8 Å². The lowest BCUT2D eigenvalue weighted by Crippen LogP contribution is -2.21. The van der Waals surface area contributed by atoms with Crippen molar-refractivity contribution in [2.45, 2.75) is 52.5 Å². The molecule has 0 bridgehead atoms. The second-order valence-corrected chi connectivity index (χ2v) is 7.71. The Morgan fingerprint density at radius 2 is 2.11 bits per heavy atom. The third-order valence-corrected chi connectivity index (χ3v) is 5.58. The van der Waals surface area contributed by atoms with E-state index >= 15 is 0 Å². The van der Waals surface area contributed by atoms with E-state index in [1.165, 1.54) is 22.1 Å². The first-order valence-corrected chi connectivity index (χ1v) is 9.56. The van der Waals surface area contributed by atoms with Crippen LogP contribution in [0.4, 0.5) is 13.8 Å². The Labute approximate surface area is 159 Å². The van der Waals surface area contributed by atoms with E-state index in [0.29, 0.717) is 16.3 Å². The smallest absolute Gasteiger partial charge is 0.341 e. The normalized spacial score (nSPS) is 13.9. The summed E-state index contributed by atoms with van der Waals surface area (Å²) in [4.78, 5) is 25.6. The largest absolute Gasteiger partial charge is 0.462 e. The van der Waals surface area contributed by atoms with E-state index in [4.69, 9.17) is 4.74 Å². The van der Waals surface area contributed by atoms with Gasteiger partial charge in [-0.25, -0.2) is 13.6 Å². The predicted octanol–water partition coefficient (Wildman–Crippen LogP) is 4.19. The minimum Gasteiger partial charge on any atom is -0.462 e. The molecule has 0 aliphatic heterocycles. The van der Waals surface area contributed by atoms with Crippen molar-refractivity contribution in [3.8, 4) is 0 Å². The van der Waals surface area contributed by atoms with E-state index in [1.807, 2.05) is 6.92 Å². The van der Waals surface area contributed by atoms with Crippen molar-refractivity contribution < 1.29 is 23.1 Å².